The molecule has 2 aromatic heterocycles. The van der Waals surface area contributed by atoms with E-state index < -0.39 is 0 Å². The number of fused-ring (bicyclic) bond motifs is 1. The number of thioether (sulfide) groups is 1. The maximum Gasteiger partial charge on any atom is 0.287 e. The highest BCUT2D eigenvalue weighted by atomic mass is 32.2. The molecule has 0 bridgehead atoms. The second-order valence-corrected chi connectivity index (χ2v) is 8.20. The van der Waals surface area contributed by atoms with Gasteiger partial charge in [-0.25, -0.2) is 0 Å². The molecule has 1 aliphatic rings. The first-order chi connectivity index (χ1) is 13.7. The molecule has 3 aromatic rings. The molecule has 6 nitrogen and oxygen atoms in total. The summed E-state index contributed by atoms with van der Waals surface area (Å²) in [5.74, 6) is 1.22. The van der Waals surface area contributed by atoms with Crippen molar-refractivity contribution in [2.45, 2.75) is 56.6 Å². The maximum atomic E-state index is 12.4. The molecule has 2 heterocycles. The quantitative estimate of drug-likeness (QED) is 0.467. The van der Waals surface area contributed by atoms with Crippen LogP contribution in [-0.4, -0.2) is 33.5 Å². The van der Waals surface area contributed by atoms with Gasteiger partial charge in [0.2, 0.25) is 0 Å². The van der Waals surface area contributed by atoms with Gasteiger partial charge in [0, 0.05) is 24.4 Å². The van der Waals surface area contributed by atoms with E-state index in [9.17, 15) is 4.79 Å². The predicted molar refractivity (Wildman–Crippen MR) is 111 cm³/mol. The maximum absolute atomic E-state index is 12.4. The van der Waals surface area contributed by atoms with E-state index in [2.05, 4.69) is 20.1 Å². The summed E-state index contributed by atoms with van der Waals surface area (Å²) < 4.78 is 7.98. The Morgan fingerprint density at radius 1 is 1.29 bits per heavy atom. The summed E-state index contributed by atoms with van der Waals surface area (Å²) in [6.45, 7) is 2.61. The van der Waals surface area contributed by atoms with Gasteiger partial charge in [0.1, 0.15) is 11.4 Å². The molecular formula is C21H26N4O2S. The number of aromatic nitrogens is 3. The molecule has 1 amide bonds. The Labute approximate surface area is 169 Å². The van der Waals surface area contributed by atoms with Crippen LogP contribution in [0.15, 0.2) is 33.8 Å². The molecule has 0 aliphatic heterocycles. The van der Waals surface area contributed by atoms with Crippen molar-refractivity contribution in [1.29, 1.82) is 0 Å². The van der Waals surface area contributed by atoms with Gasteiger partial charge in [-0.05, 0) is 50.6 Å². The minimum Gasteiger partial charge on any atom is -0.451 e. The van der Waals surface area contributed by atoms with Crippen LogP contribution in [0, 0.1) is 6.92 Å². The monoisotopic (exact) mass is 398 g/mol. The summed E-state index contributed by atoms with van der Waals surface area (Å²) in [6, 6.07) is 8.24. The number of benzene rings is 1. The van der Waals surface area contributed by atoms with Crippen molar-refractivity contribution < 1.29 is 9.21 Å². The molecule has 1 saturated carbocycles. The lowest BCUT2D eigenvalue weighted by Gasteiger charge is -2.16. The van der Waals surface area contributed by atoms with Gasteiger partial charge in [-0.2, -0.15) is 0 Å². The average molecular weight is 399 g/mol. The molecule has 1 fully saturated rings. The smallest absolute Gasteiger partial charge is 0.287 e. The van der Waals surface area contributed by atoms with E-state index >= 15 is 0 Å². The third kappa shape index (κ3) is 3.94. The summed E-state index contributed by atoms with van der Waals surface area (Å²) in [6.07, 6.45) is 8.66. The fraction of sp³-hybridized carbons (Fsp3) is 0.476. The Hall–Kier alpha value is -2.28. The van der Waals surface area contributed by atoms with E-state index in [1.165, 1.54) is 25.7 Å². The summed E-state index contributed by atoms with van der Waals surface area (Å²) in [4.78, 5) is 12.4. The fourth-order valence-corrected chi connectivity index (χ4v) is 4.53. The lowest BCUT2D eigenvalue weighted by atomic mass is 10.2. The van der Waals surface area contributed by atoms with E-state index in [1.54, 1.807) is 17.8 Å². The van der Waals surface area contributed by atoms with Crippen LogP contribution < -0.4 is 5.32 Å². The molecule has 1 aliphatic carbocycles. The number of rotatable bonds is 7. The van der Waals surface area contributed by atoms with Crippen molar-refractivity contribution in [3.05, 3.63) is 41.4 Å². The highest BCUT2D eigenvalue weighted by Gasteiger charge is 2.23. The lowest BCUT2D eigenvalue weighted by Crippen LogP contribution is -2.24. The summed E-state index contributed by atoms with van der Waals surface area (Å²) in [7, 11) is 0. The minimum atomic E-state index is -0.170. The van der Waals surface area contributed by atoms with Crippen LogP contribution in [0.3, 0.4) is 0 Å². The SMILES string of the molecule is CSc1nnc(CCCNC(=O)c2cc3cc(C)ccc3o2)n1C1CCCC1. The third-order valence-electron chi connectivity index (χ3n) is 5.37. The zero-order valence-corrected chi connectivity index (χ0v) is 17.2. The second-order valence-electron chi connectivity index (χ2n) is 7.42. The van der Waals surface area contributed by atoms with Gasteiger partial charge in [0.25, 0.3) is 5.91 Å². The van der Waals surface area contributed by atoms with Crippen LogP contribution in [0.5, 0.6) is 0 Å². The standard InChI is InChI=1S/C21H26N4O2S/c1-14-9-10-17-15(12-14)13-18(27-17)20(26)22-11-5-8-19-23-24-21(28-2)25(19)16-6-3-4-7-16/h9-10,12-13,16H,3-8,11H2,1-2H3,(H,22,26). The molecule has 28 heavy (non-hydrogen) atoms. The molecule has 148 valence electrons. The first-order valence-electron chi connectivity index (χ1n) is 9.92. The number of hydrogen-bond donors (Lipinski definition) is 1. The molecule has 4 rings (SSSR count). The molecule has 1 aromatic carbocycles. The van der Waals surface area contributed by atoms with Crippen LogP contribution in [0.25, 0.3) is 11.0 Å². The largest absolute Gasteiger partial charge is 0.451 e. The molecular weight excluding hydrogens is 372 g/mol. The summed E-state index contributed by atoms with van der Waals surface area (Å²) in [5.41, 5.74) is 1.89. The highest BCUT2D eigenvalue weighted by molar-refractivity contribution is 7.98. The van der Waals surface area contributed by atoms with Gasteiger partial charge < -0.3 is 14.3 Å². The van der Waals surface area contributed by atoms with Gasteiger partial charge >= 0.3 is 0 Å². The van der Waals surface area contributed by atoms with Gasteiger partial charge in [-0.1, -0.05) is 36.2 Å². The van der Waals surface area contributed by atoms with Crippen molar-refractivity contribution in [3.63, 3.8) is 0 Å². The molecule has 0 saturated heterocycles. The van der Waals surface area contributed by atoms with E-state index in [0.29, 0.717) is 18.3 Å². The van der Waals surface area contributed by atoms with Crippen molar-refractivity contribution in [1.82, 2.24) is 20.1 Å². The van der Waals surface area contributed by atoms with Gasteiger partial charge in [0.05, 0.1) is 0 Å². The zero-order valence-electron chi connectivity index (χ0n) is 16.4. The highest BCUT2D eigenvalue weighted by Crippen LogP contribution is 2.33. The molecule has 7 heteroatoms. The second kappa shape index (κ2) is 8.39. The number of nitrogens with zero attached hydrogens (tertiary/aromatic N) is 3. The van der Waals surface area contributed by atoms with Crippen LogP contribution >= 0.6 is 11.8 Å². The normalized spacial score (nSPS) is 14.8. The molecule has 0 atom stereocenters. The summed E-state index contributed by atoms with van der Waals surface area (Å²) in [5, 5.41) is 13.7. The predicted octanol–water partition coefficient (Wildman–Crippen LogP) is 4.53. The zero-order chi connectivity index (χ0) is 19.5. The Kier molecular flexibility index (Phi) is 5.71. The number of nitrogens with one attached hydrogen (secondary N) is 1. The average Bonchev–Trinajstić information content (AvgIpc) is 3.42. The van der Waals surface area contributed by atoms with Crippen LogP contribution in [0.1, 0.15) is 60.1 Å². The number of aryl methyl sites for hydroxylation is 2. The van der Waals surface area contributed by atoms with Crippen LogP contribution in [-0.2, 0) is 6.42 Å². The molecule has 0 unspecified atom stereocenters. The minimum absolute atomic E-state index is 0.170. The summed E-state index contributed by atoms with van der Waals surface area (Å²) >= 11 is 1.65. The van der Waals surface area contributed by atoms with Crippen LogP contribution in [0.2, 0.25) is 0 Å². The van der Waals surface area contributed by atoms with Gasteiger partial charge in [0.15, 0.2) is 10.9 Å². The van der Waals surface area contributed by atoms with E-state index in [-0.39, 0.29) is 5.91 Å². The van der Waals surface area contributed by atoms with E-state index in [4.69, 9.17) is 4.42 Å². The van der Waals surface area contributed by atoms with E-state index in [1.807, 2.05) is 31.4 Å². The Morgan fingerprint density at radius 2 is 2.11 bits per heavy atom. The van der Waals surface area contributed by atoms with Gasteiger partial charge in [-0.15, -0.1) is 10.2 Å². The van der Waals surface area contributed by atoms with Crippen molar-refractivity contribution in [2.24, 2.45) is 0 Å². The number of hydrogen-bond acceptors (Lipinski definition) is 5. The van der Waals surface area contributed by atoms with Gasteiger partial charge in [-0.3, -0.25) is 4.79 Å². The fourth-order valence-electron chi connectivity index (χ4n) is 3.96. The number of amides is 1. The lowest BCUT2D eigenvalue weighted by molar-refractivity contribution is 0.0927. The van der Waals surface area contributed by atoms with Crippen LogP contribution in [0.4, 0.5) is 0 Å². The molecule has 0 radical (unpaired) electrons. The Balaban J connectivity index is 1.34. The Morgan fingerprint density at radius 3 is 2.89 bits per heavy atom. The third-order valence-corrected chi connectivity index (χ3v) is 6.01. The van der Waals surface area contributed by atoms with E-state index in [0.717, 1.165) is 40.4 Å². The number of carbonyl (C=O) groups is 1. The van der Waals surface area contributed by atoms with Crippen molar-refractivity contribution in [3.8, 4) is 0 Å². The Bertz CT molecular complexity index is 972. The topological polar surface area (TPSA) is 73.0 Å². The number of carbonyl (C=O) groups excluding carboxylic acids is 1. The van der Waals surface area contributed by atoms with Crippen molar-refractivity contribution >= 4 is 28.6 Å². The first kappa shape index (κ1) is 19.1. The van der Waals surface area contributed by atoms with Crippen molar-refractivity contribution in [2.75, 3.05) is 12.8 Å². The molecule has 1 N–H and O–H groups in total. The molecule has 0 spiro atoms. The first-order valence-corrected chi connectivity index (χ1v) is 11.1. The number of furan rings is 1.